The summed E-state index contributed by atoms with van der Waals surface area (Å²) < 4.78 is 11.2. The molecule has 4 aromatic rings. The number of nitrogens with one attached hydrogen (secondary N) is 2. The summed E-state index contributed by atoms with van der Waals surface area (Å²) in [6.45, 7) is 1.07. The number of rotatable bonds is 6. The van der Waals surface area contributed by atoms with Gasteiger partial charge < -0.3 is 19.8 Å². The molecule has 5 rings (SSSR count). The van der Waals surface area contributed by atoms with E-state index in [4.69, 9.17) is 14.5 Å². The Hall–Kier alpha value is -3.80. The predicted molar refractivity (Wildman–Crippen MR) is 118 cm³/mol. The van der Waals surface area contributed by atoms with E-state index in [0.717, 1.165) is 33.7 Å². The van der Waals surface area contributed by atoms with Crippen LogP contribution in [0.3, 0.4) is 0 Å². The molecule has 0 fully saturated rings. The molecule has 6 nitrogen and oxygen atoms in total. The minimum absolute atomic E-state index is 0.0712. The van der Waals surface area contributed by atoms with Gasteiger partial charge in [-0.2, -0.15) is 0 Å². The molecule has 0 bridgehead atoms. The van der Waals surface area contributed by atoms with E-state index >= 15 is 0 Å². The maximum Gasteiger partial charge on any atom is 0.225 e. The van der Waals surface area contributed by atoms with Gasteiger partial charge in [-0.25, -0.2) is 4.98 Å². The lowest BCUT2D eigenvalue weighted by Crippen LogP contribution is -2.32. The van der Waals surface area contributed by atoms with E-state index in [9.17, 15) is 4.79 Å². The van der Waals surface area contributed by atoms with Gasteiger partial charge >= 0.3 is 0 Å². The molecule has 1 amide bonds. The van der Waals surface area contributed by atoms with Gasteiger partial charge in [-0.1, -0.05) is 48.5 Å². The lowest BCUT2D eigenvalue weighted by atomic mass is 10.0. The second-order valence-corrected chi connectivity index (χ2v) is 7.60. The molecule has 156 valence electrons. The number of imidazole rings is 1. The molecule has 3 aromatic carbocycles. The summed E-state index contributed by atoms with van der Waals surface area (Å²) in [4.78, 5) is 21.0. The Morgan fingerprint density at radius 3 is 2.55 bits per heavy atom. The number of carbonyl (C=O) groups is 1. The fourth-order valence-corrected chi connectivity index (χ4v) is 3.83. The maximum atomic E-state index is 12.9. The number of aromatic amines is 1. The predicted octanol–water partition coefficient (Wildman–Crippen LogP) is 3.98. The molecule has 1 aliphatic heterocycles. The van der Waals surface area contributed by atoms with Crippen molar-refractivity contribution in [2.45, 2.75) is 18.9 Å². The number of hydrogen-bond acceptors (Lipinski definition) is 4. The third-order valence-corrected chi connectivity index (χ3v) is 5.33. The zero-order chi connectivity index (χ0) is 21.0. The third kappa shape index (κ3) is 4.38. The maximum absolute atomic E-state index is 12.9. The van der Waals surface area contributed by atoms with Crippen LogP contribution in [0.15, 0.2) is 72.8 Å². The summed E-state index contributed by atoms with van der Waals surface area (Å²) in [6, 6.07) is 23.4. The molecule has 31 heavy (non-hydrogen) atoms. The summed E-state index contributed by atoms with van der Waals surface area (Å²) in [7, 11) is 0. The SMILES string of the molecule is O=C(Cc1ccc2c(c1)OCCO2)N[C@H](Cc1ccccc1)c1nc2ccccc2[nH]1. The minimum atomic E-state index is -0.264. The van der Waals surface area contributed by atoms with Crippen LogP contribution < -0.4 is 14.8 Å². The molecule has 1 aliphatic rings. The molecular formula is C25H23N3O3. The van der Waals surface area contributed by atoms with E-state index in [1.165, 1.54) is 0 Å². The molecule has 2 heterocycles. The van der Waals surface area contributed by atoms with Gasteiger partial charge in [0.1, 0.15) is 19.0 Å². The van der Waals surface area contributed by atoms with Crippen LogP contribution in [-0.2, 0) is 17.6 Å². The molecule has 1 atom stereocenters. The third-order valence-electron chi connectivity index (χ3n) is 5.33. The average Bonchev–Trinajstić information content (AvgIpc) is 3.24. The zero-order valence-electron chi connectivity index (χ0n) is 17.0. The van der Waals surface area contributed by atoms with Gasteiger partial charge in [0.2, 0.25) is 5.91 Å². The van der Waals surface area contributed by atoms with Crippen molar-refractivity contribution >= 4 is 16.9 Å². The summed E-state index contributed by atoms with van der Waals surface area (Å²) in [5.41, 5.74) is 3.85. The first-order valence-electron chi connectivity index (χ1n) is 10.4. The van der Waals surface area contributed by atoms with Crippen molar-refractivity contribution in [2.75, 3.05) is 13.2 Å². The van der Waals surface area contributed by atoms with Crippen molar-refractivity contribution in [3.63, 3.8) is 0 Å². The van der Waals surface area contributed by atoms with E-state index in [-0.39, 0.29) is 18.4 Å². The number of carbonyl (C=O) groups excluding carboxylic acids is 1. The van der Waals surface area contributed by atoms with Crippen molar-refractivity contribution in [3.05, 3.63) is 89.7 Å². The van der Waals surface area contributed by atoms with Gasteiger partial charge in [-0.3, -0.25) is 4.79 Å². The van der Waals surface area contributed by atoms with Crippen LogP contribution in [0.4, 0.5) is 0 Å². The van der Waals surface area contributed by atoms with Crippen LogP contribution in [0.1, 0.15) is 23.0 Å². The van der Waals surface area contributed by atoms with Crippen molar-refractivity contribution in [1.82, 2.24) is 15.3 Å². The van der Waals surface area contributed by atoms with Gasteiger partial charge in [-0.05, 0) is 41.8 Å². The molecular weight excluding hydrogens is 390 g/mol. The Kier molecular flexibility index (Phi) is 5.27. The summed E-state index contributed by atoms with van der Waals surface area (Å²) in [5, 5.41) is 3.17. The summed E-state index contributed by atoms with van der Waals surface area (Å²) in [5.74, 6) is 2.09. The fraction of sp³-hybridized carbons (Fsp3) is 0.200. The smallest absolute Gasteiger partial charge is 0.225 e. The van der Waals surface area contributed by atoms with Crippen molar-refractivity contribution in [2.24, 2.45) is 0 Å². The van der Waals surface area contributed by atoms with Crippen LogP contribution in [0.2, 0.25) is 0 Å². The monoisotopic (exact) mass is 413 g/mol. The first kappa shape index (κ1) is 19.2. The largest absolute Gasteiger partial charge is 0.486 e. The molecule has 0 saturated heterocycles. The van der Waals surface area contributed by atoms with Gasteiger partial charge in [0, 0.05) is 0 Å². The number of fused-ring (bicyclic) bond motifs is 2. The van der Waals surface area contributed by atoms with Crippen LogP contribution in [0.5, 0.6) is 11.5 Å². The highest BCUT2D eigenvalue weighted by molar-refractivity contribution is 5.80. The minimum Gasteiger partial charge on any atom is -0.486 e. The molecule has 0 saturated carbocycles. The van der Waals surface area contributed by atoms with Crippen molar-refractivity contribution < 1.29 is 14.3 Å². The second kappa shape index (κ2) is 8.52. The molecule has 1 aromatic heterocycles. The first-order chi connectivity index (χ1) is 15.2. The van der Waals surface area contributed by atoms with Crippen LogP contribution in [-0.4, -0.2) is 29.1 Å². The molecule has 0 radical (unpaired) electrons. The number of benzene rings is 3. The number of para-hydroxylation sites is 2. The number of amides is 1. The Labute approximate surface area is 180 Å². The quantitative estimate of drug-likeness (QED) is 0.501. The molecule has 0 aliphatic carbocycles. The van der Waals surface area contributed by atoms with E-state index in [2.05, 4.69) is 22.4 Å². The highest BCUT2D eigenvalue weighted by atomic mass is 16.6. The normalized spacial score (nSPS) is 13.7. The fourth-order valence-electron chi connectivity index (χ4n) is 3.83. The van der Waals surface area contributed by atoms with E-state index < -0.39 is 0 Å². The van der Waals surface area contributed by atoms with Gasteiger partial charge in [0.05, 0.1) is 23.5 Å². The lowest BCUT2D eigenvalue weighted by molar-refractivity contribution is -0.121. The number of nitrogens with zero attached hydrogens (tertiary/aromatic N) is 1. The van der Waals surface area contributed by atoms with Crippen molar-refractivity contribution in [1.29, 1.82) is 0 Å². The summed E-state index contributed by atoms with van der Waals surface area (Å²) >= 11 is 0. The Morgan fingerprint density at radius 1 is 0.935 bits per heavy atom. The van der Waals surface area contributed by atoms with Gasteiger partial charge in [-0.15, -0.1) is 0 Å². The first-order valence-corrected chi connectivity index (χ1v) is 10.4. The Balaban J connectivity index is 1.36. The standard InChI is InChI=1S/C25H23N3O3/c29-24(16-18-10-11-22-23(15-18)31-13-12-30-22)26-21(14-17-6-2-1-3-7-17)25-27-19-8-4-5-9-20(19)28-25/h1-11,15,21H,12-14,16H2,(H,26,29)(H,27,28)/t21-/m1/s1. The highest BCUT2D eigenvalue weighted by Gasteiger charge is 2.20. The average molecular weight is 413 g/mol. The topological polar surface area (TPSA) is 76.2 Å². The summed E-state index contributed by atoms with van der Waals surface area (Å²) in [6.07, 6.45) is 0.899. The molecule has 0 spiro atoms. The zero-order valence-corrected chi connectivity index (χ0v) is 17.0. The van der Waals surface area contributed by atoms with Crippen LogP contribution in [0, 0.1) is 0 Å². The van der Waals surface area contributed by atoms with Crippen LogP contribution in [0.25, 0.3) is 11.0 Å². The van der Waals surface area contributed by atoms with E-state index in [0.29, 0.717) is 25.4 Å². The van der Waals surface area contributed by atoms with Gasteiger partial charge in [0.25, 0.3) is 0 Å². The molecule has 2 N–H and O–H groups in total. The Bertz CT molecular complexity index is 1170. The van der Waals surface area contributed by atoms with Crippen molar-refractivity contribution in [3.8, 4) is 11.5 Å². The van der Waals surface area contributed by atoms with Gasteiger partial charge in [0.15, 0.2) is 11.5 Å². The molecule has 6 heteroatoms. The second-order valence-electron chi connectivity index (χ2n) is 7.60. The Morgan fingerprint density at radius 2 is 1.71 bits per heavy atom. The van der Waals surface area contributed by atoms with Crippen LogP contribution >= 0.6 is 0 Å². The number of aromatic nitrogens is 2. The van der Waals surface area contributed by atoms with E-state index in [1.54, 1.807) is 0 Å². The van der Waals surface area contributed by atoms with E-state index in [1.807, 2.05) is 60.7 Å². The number of H-pyrrole nitrogens is 1. The number of ether oxygens (including phenoxy) is 2. The lowest BCUT2D eigenvalue weighted by Gasteiger charge is -2.19. The number of hydrogen-bond donors (Lipinski definition) is 2. The molecule has 0 unspecified atom stereocenters. The highest BCUT2D eigenvalue weighted by Crippen LogP contribution is 2.31.